The summed E-state index contributed by atoms with van der Waals surface area (Å²) in [6, 6.07) is 11.3. The van der Waals surface area contributed by atoms with E-state index < -0.39 is 11.9 Å². The highest BCUT2D eigenvalue weighted by Gasteiger charge is 2.41. The molecule has 0 saturated heterocycles. The van der Waals surface area contributed by atoms with Crippen LogP contribution in [0.3, 0.4) is 0 Å². The molecule has 1 N–H and O–H groups in total. The average molecular weight is 550 g/mol. The summed E-state index contributed by atoms with van der Waals surface area (Å²) in [5.74, 6) is 1.33. The molecule has 2 aromatic rings. The SMILES string of the molecule is CCCCOC(=O)C1=C(C)NC2=C(C(=O)C[C@@H](c3ccc(OC)c(OC)c3)C2)[C@@H]1c1ccc(OCC)c(OC)c1. The summed E-state index contributed by atoms with van der Waals surface area (Å²) in [7, 11) is 4.78. The Bertz CT molecular complexity index is 1330. The standard InChI is InChI=1S/C32H39NO7/c1-7-9-14-40-32(35)29-19(3)33-23-15-22(20-10-12-25(36-4)27(17-20)37-5)16-24(34)31(23)30(29)21-11-13-26(39-8-2)28(18-21)38-6/h10-13,17-18,22,30,33H,7-9,14-16H2,1-6H3/t22-,30+/m0/s1. The number of carbonyl (C=O) groups excluding carboxylic acids is 2. The predicted octanol–water partition coefficient (Wildman–Crippen LogP) is 5.82. The zero-order valence-electron chi connectivity index (χ0n) is 24.2. The molecule has 1 aliphatic heterocycles. The number of esters is 1. The van der Waals surface area contributed by atoms with Gasteiger partial charge in [-0.05, 0) is 68.0 Å². The third kappa shape index (κ3) is 5.81. The van der Waals surface area contributed by atoms with Crippen LogP contribution in [0.15, 0.2) is 58.9 Å². The van der Waals surface area contributed by atoms with Crippen molar-refractivity contribution in [2.45, 2.75) is 58.3 Å². The van der Waals surface area contributed by atoms with E-state index in [1.54, 1.807) is 21.3 Å². The van der Waals surface area contributed by atoms with Crippen molar-refractivity contribution in [3.63, 3.8) is 0 Å². The van der Waals surface area contributed by atoms with Gasteiger partial charge in [-0.3, -0.25) is 4.79 Å². The van der Waals surface area contributed by atoms with Crippen LogP contribution in [-0.2, 0) is 14.3 Å². The quantitative estimate of drug-likeness (QED) is 0.277. The normalized spacial score (nSPS) is 18.6. The molecule has 0 bridgehead atoms. The first-order valence-electron chi connectivity index (χ1n) is 13.8. The summed E-state index contributed by atoms with van der Waals surface area (Å²) in [5, 5.41) is 3.41. The van der Waals surface area contributed by atoms with E-state index in [4.69, 9.17) is 23.7 Å². The Morgan fingerprint density at radius 1 is 0.900 bits per heavy atom. The fourth-order valence-electron chi connectivity index (χ4n) is 5.51. The number of nitrogens with one attached hydrogen (secondary N) is 1. The van der Waals surface area contributed by atoms with Crippen molar-refractivity contribution in [2.24, 2.45) is 0 Å². The lowest BCUT2D eigenvalue weighted by molar-refractivity contribution is -0.139. The van der Waals surface area contributed by atoms with Gasteiger partial charge in [0.25, 0.3) is 0 Å². The number of hydrogen-bond acceptors (Lipinski definition) is 8. The van der Waals surface area contributed by atoms with Crippen molar-refractivity contribution in [3.8, 4) is 23.0 Å². The van der Waals surface area contributed by atoms with E-state index in [1.807, 2.05) is 57.2 Å². The van der Waals surface area contributed by atoms with Gasteiger partial charge in [0.05, 0.1) is 40.1 Å². The van der Waals surface area contributed by atoms with Gasteiger partial charge in [-0.15, -0.1) is 0 Å². The van der Waals surface area contributed by atoms with Crippen molar-refractivity contribution < 1.29 is 33.3 Å². The van der Waals surface area contributed by atoms with Crippen LogP contribution in [-0.4, -0.2) is 46.3 Å². The van der Waals surface area contributed by atoms with Crippen molar-refractivity contribution in [3.05, 3.63) is 70.1 Å². The molecule has 4 rings (SSSR count). The van der Waals surface area contributed by atoms with Gasteiger partial charge in [0.1, 0.15) is 0 Å². The number of rotatable bonds is 11. The van der Waals surface area contributed by atoms with Crippen LogP contribution in [0, 0.1) is 0 Å². The minimum Gasteiger partial charge on any atom is -0.493 e. The summed E-state index contributed by atoms with van der Waals surface area (Å²) in [6.45, 7) is 6.63. The third-order valence-corrected chi connectivity index (χ3v) is 7.48. The molecule has 2 aliphatic rings. The number of hydrogen-bond donors (Lipinski definition) is 1. The Morgan fingerprint density at radius 2 is 1.55 bits per heavy atom. The van der Waals surface area contributed by atoms with E-state index in [9.17, 15) is 9.59 Å². The molecule has 2 aromatic carbocycles. The smallest absolute Gasteiger partial charge is 0.336 e. The van der Waals surface area contributed by atoms with Crippen LogP contribution in [0.2, 0.25) is 0 Å². The van der Waals surface area contributed by atoms with Crippen LogP contribution >= 0.6 is 0 Å². The Hall–Kier alpha value is -3.94. The number of methoxy groups -OCH3 is 3. The topological polar surface area (TPSA) is 92.3 Å². The Labute approximate surface area is 236 Å². The van der Waals surface area contributed by atoms with Crippen LogP contribution in [0.4, 0.5) is 0 Å². The lowest BCUT2D eigenvalue weighted by atomic mass is 9.71. The zero-order chi connectivity index (χ0) is 28.8. The van der Waals surface area contributed by atoms with Crippen molar-refractivity contribution in [1.82, 2.24) is 5.32 Å². The summed E-state index contributed by atoms with van der Waals surface area (Å²) in [6.07, 6.45) is 2.59. The maximum atomic E-state index is 13.9. The molecule has 2 atom stereocenters. The van der Waals surface area contributed by atoms with E-state index in [1.165, 1.54) is 0 Å². The summed E-state index contributed by atoms with van der Waals surface area (Å²) in [4.78, 5) is 27.4. The molecular weight excluding hydrogens is 510 g/mol. The van der Waals surface area contributed by atoms with Gasteiger partial charge in [0.15, 0.2) is 28.8 Å². The number of ether oxygens (including phenoxy) is 5. The molecule has 0 saturated carbocycles. The molecule has 214 valence electrons. The fourth-order valence-corrected chi connectivity index (χ4v) is 5.51. The van der Waals surface area contributed by atoms with Crippen molar-refractivity contribution in [1.29, 1.82) is 0 Å². The van der Waals surface area contributed by atoms with Crippen molar-refractivity contribution >= 4 is 11.8 Å². The molecule has 1 aliphatic carbocycles. The Morgan fingerprint density at radius 3 is 2.23 bits per heavy atom. The number of carbonyl (C=O) groups is 2. The second-order valence-electron chi connectivity index (χ2n) is 9.96. The monoisotopic (exact) mass is 549 g/mol. The van der Waals surface area contributed by atoms with Crippen LogP contribution in [0.25, 0.3) is 0 Å². The van der Waals surface area contributed by atoms with Gasteiger partial charge in [0.2, 0.25) is 0 Å². The van der Waals surface area contributed by atoms with Crippen LogP contribution in [0.5, 0.6) is 23.0 Å². The third-order valence-electron chi connectivity index (χ3n) is 7.48. The summed E-state index contributed by atoms with van der Waals surface area (Å²) < 4.78 is 27.9. The highest BCUT2D eigenvalue weighted by molar-refractivity contribution is 6.04. The minimum atomic E-state index is -0.589. The molecule has 0 spiro atoms. The molecule has 8 nitrogen and oxygen atoms in total. The van der Waals surface area contributed by atoms with E-state index in [0.717, 1.165) is 29.7 Å². The molecule has 0 radical (unpaired) electrons. The van der Waals surface area contributed by atoms with Gasteiger partial charge >= 0.3 is 5.97 Å². The first kappa shape index (κ1) is 29.1. The lowest BCUT2D eigenvalue weighted by Crippen LogP contribution is -2.36. The molecule has 40 heavy (non-hydrogen) atoms. The number of unbranched alkanes of at least 4 members (excludes halogenated alkanes) is 1. The maximum absolute atomic E-state index is 13.9. The van der Waals surface area contributed by atoms with Crippen molar-refractivity contribution in [2.75, 3.05) is 34.5 Å². The first-order chi connectivity index (χ1) is 19.4. The van der Waals surface area contributed by atoms with Gasteiger partial charge in [-0.2, -0.15) is 0 Å². The van der Waals surface area contributed by atoms with E-state index >= 15 is 0 Å². The second kappa shape index (κ2) is 12.9. The van der Waals surface area contributed by atoms with Crippen LogP contribution < -0.4 is 24.3 Å². The van der Waals surface area contributed by atoms with E-state index in [2.05, 4.69) is 5.32 Å². The average Bonchev–Trinajstić information content (AvgIpc) is 2.96. The van der Waals surface area contributed by atoms with Gasteiger partial charge < -0.3 is 29.0 Å². The maximum Gasteiger partial charge on any atom is 0.336 e. The molecule has 8 heteroatoms. The number of Topliss-reactive ketones (excluding diaryl/α,β-unsaturated/α-hetero) is 1. The number of ketones is 1. The molecule has 1 heterocycles. The van der Waals surface area contributed by atoms with Gasteiger partial charge in [-0.25, -0.2) is 4.79 Å². The second-order valence-corrected chi connectivity index (χ2v) is 9.96. The first-order valence-corrected chi connectivity index (χ1v) is 13.8. The highest BCUT2D eigenvalue weighted by atomic mass is 16.5. The molecule has 0 fully saturated rings. The van der Waals surface area contributed by atoms with Gasteiger partial charge in [0, 0.05) is 29.3 Å². The summed E-state index contributed by atoms with van der Waals surface area (Å²) >= 11 is 0. The minimum absolute atomic E-state index is 0.0160. The van der Waals surface area contributed by atoms with E-state index in [0.29, 0.717) is 65.9 Å². The Kier molecular flexibility index (Phi) is 9.40. The Balaban J connectivity index is 1.78. The number of benzene rings is 2. The van der Waals surface area contributed by atoms with Crippen LogP contribution in [0.1, 0.15) is 69.4 Å². The summed E-state index contributed by atoms with van der Waals surface area (Å²) in [5.41, 5.74) is 4.30. The fraction of sp³-hybridized carbons (Fsp3) is 0.438. The number of allylic oxidation sites excluding steroid dienone is 3. The molecule has 0 aromatic heterocycles. The van der Waals surface area contributed by atoms with Gasteiger partial charge in [-0.1, -0.05) is 25.5 Å². The lowest BCUT2D eigenvalue weighted by Gasteiger charge is -2.37. The zero-order valence-corrected chi connectivity index (χ0v) is 24.2. The molecule has 0 unspecified atom stereocenters. The number of dihydropyridines is 1. The predicted molar refractivity (Wildman–Crippen MR) is 152 cm³/mol. The molecular formula is C32H39NO7. The highest BCUT2D eigenvalue weighted by Crippen LogP contribution is 2.47. The largest absolute Gasteiger partial charge is 0.493 e. The van der Waals surface area contributed by atoms with E-state index in [-0.39, 0.29) is 11.7 Å². The molecule has 0 amide bonds.